The first-order valence-electron chi connectivity index (χ1n) is 7.58. The Hall–Kier alpha value is -1.26. The summed E-state index contributed by atoms with van der Waals surface area (Å²) in [6.07, 6.45) is 3.44. The van der Waals surface area contributed by atoms with Crippen LogP contribution in [0.1, 0.15) is 24.8 Å². The summed E-state index contributed by atoms with van der Waals surface area (Å²) in [5.74, 6) is 0.972. The van der Waals surface area contributed by atoms with Gasteiger partial charge in [0.05, 0.1) is 18.9 Å². The number of ether oxygens (including phenoxy) is 2. The van der Waals surface area contributed by atoms with E-state index in [0.717, 1.165) is 44.7 Å². The van der Waals surface area contributed by atoms with Gasteiger partial charge in [0.15, 0.2) is 0 Å². The van der Waals surface area contributed by atoms with Gasteiger partial charge < -0.3 is 20.1 Å². The molecule has 4 heteroatoms. The van der Waals surface area contributed by atoms with E-state index in [1.165, 1.54) is 11.3 Å². The predicted molar refractivity (Wildman–Crippen MR) is 80.5 cm³/mol. The van der Waals surface area contributed by atoms with Gasteiger partial charge in [-0.2, -0.15) is 0 Å². The first-order chi connectivity index (χ1) is 9.72. The van der Waals surface area contributed by atoms with Crippen LogP contribution in [0.5, 0.6) is 5.75 Å². The molecule has 0 spiro atoms. The molecule has 2 heterocycles. The van der Waals surface area contributed by atoms with Crippen molar-refractivity contribution in [3.63, 3.8) is 0 Å². The number of nitrogens with zero attached hydrogens (tertiary/aromatic N) is 1. The normalized spacial score (nSPS) is 26.8. The van der Waals surface area contributed by atoms with Gasteiger partial charge in [-0.1, -0.05) is 6.07 Å². The molecule has 2 fully saturated rings. The van der Waals surface area contributed by atoms with Crippen LogP contribution in [0.25, 0.3) is 0 Å². The van der Waals surface area contributed by atoms with Crippen molar-refractivity contribution in [2.45, 2.75) is 38.3 Å². The molecule has 110 valence electrons. The zero-order valence-electron chi connectivity index (χ0n) is 12.2. The number of rotatable bonds is 3. The van der Waals surface area contributed by atoms with E-state index in [0.29, 0.717) is 6.61 Å². The Balaban J connectivity index is 1.81. The molecule has 1 aromatic carbocycles. The second-order valence-electron chi connectivity index (χ2n) is 5.92. The number of nitrogens with two attached hydrogens (primary N) is 1. The lowest BCUT2D eigenvalue weighted by Gasteiger charge is -2.34. The first kappa shape index (κ1) is 13.7. The van der Waals surface area contributed by atoms with Gasteiger partial charge in [-0.25, -0.2) is 0 Å². The van der Waals surface area contributed by atoms with Gasteiger partial charge in [-0.05, 0) is 37.5 Å². The van der Waals surface area contributed by atoms with Crippen LogP contribution in [-0.2, 0) is 4.74 Å². The molecule has 4 nitrogen and oxygen atoms in total. The van der Waals surface area contributed by atoms with Crippen LogP contribution >= 0.6 is 0 Å². The highest BCUT2D eigenvalue weighted by molar-refractivity contribution is 5.60. The minimum Gasteiger partial charge on any atom is -0.486 e. The van der Waals surface area contributed by atoms with Crippen LogP contribution in [0.4, 0.5) is 5.69 Å². The molecule has 0 bridgehead atoms. The van der Waals surface area contributed by atoms with Crippen molar-refractivity contribution in [2.75, 3.05) is 31.2 Å². The quantitative estimate of drug-likeness (QED) is 0.918. The van der Waals surface area contributed by atoms with E-state index in [4.69, 9.17) is 15.2 Å². The zero-order valence-corrected chi connectivity index (χ0v) is 12.2. The monoisotopic (exact) mass is 276 g/mol. The number of aryl methyl sites for hydroxylation is 1. The van der Waals surface area contributed by atoms with Crippen molar-refractivity contribution >= 4 is 5.69 Å². The highest BCUT2D eigenvalue weighted by Gasteiger charge is 2.23. The van der Waals surface area contributed by atoms with Crippen molar-refractivity contribution in [1.82, 2.24) is 0 Å². The van der Waals surface area contributed by atoms with Crippen molar-refractivity contribution in [2.24, 2.45) is 5.73 Å². The molecule has 0 saturated carbocycles. The third-order valence-corrected chi connectivity index (χ3v) is 4.09. The maximum atomic E-state index is 6.14. The predicted octanol–water partition coefficient (Wildman–Crippen LogP) is 2.09. The van der Waals surface area contributed by atoms with Gasteiger partial charge in [0, 0.05) is 25.6 Å². The summed E-state index contributed by atoms with van der Waals surface area (Å²) < 4.78 is 11.5. The molecule has 2 saturated heterocycles. The van der Waals surface area contributed by atoms with E-state index in [9.17, 15) is 0 Å². The molecule has 0 aliphatic carbocycles. The van der Waals surface area contributed by atoms with Crippen molar-refractivity contribution in [1.29, 1.82) is 0 Å². The van der Waals surface area contributed by atoms with Crippen LogP contribution in [0.2, 0.25) is 0 Å². The van der Waals surface area contributed by atoms with Crippen LogP contribution in [-0.4, -0.2) is 38.4 Å². The summed E-state index contributed by atoms with van der Waals surface area (Å²) in [6.45, 7) is 5.61. The molecule has 2 aliphatic heterocycles. The van der Waals surface area contributed by atoms with Gasteiger partial charge in [-0.15, -0.1) is 0 Å². The number of anilines is 1. The number of benzene rings is 1. The smallest absolute Gasteiger partial charge is 0.143 e. The number of hydrogen-bond acceptors (Lipinski definition) is 4. The molecular formula is C16H24N2O2. The fourth-order valence-electron chi connectivity index (χ4n) is 2.99. The highest BCUT2D eigenvalue weighted by atomic mass is 16.5. The number of piperidine rings is 1. The van der Waals surface area contributed by atoms with E-state index in [1.807, 2.05) is 0 Å². The zero-order chi connectivity index (χ0) is 13.9. The standard InChI is InChI=1S/C16H24N2O2/c1-12-4-5-16(20-14-6-8-19-11-14)15(9-12)18-7-2-3-13(17)10-18/h4-5,9,13-14H,2-3,6-8,10-11,17H2,1H3. The van der Waals surface area contributed by atoms with E-state index in [-0.39, 0.29) is 12.1 Å². The fourth-order valence-corrected chi connectivity index (χ4v) is 2.99. The van der Waals surface area contributed by atoms with Crippen LogP contribution in [0.3, 0.4) is 0 Å². The summed E-state index contributed by atoms with van der Waals surface area (Å²) >= 11 is 0. The minimum atomic E-state index is 0.190. The summed E-state index contributed by atoms with van der Waals surface area (Å²) in [6, 6.07) is 6.68. The molecule has 2 aliphatic rings. The van der Waals surface area contributed by atoms with Gasteiger partial charge in [0.2, 0.25) is 0 Å². The maximum Gasteiger partial charge on any atom is 0.143 e. The molecule has 0 amide bonds. The van der Waals surface area contributed by atoms with Gasteiger partial charge >= 0.3 is 0 Å². The average molecular weight is 276 g/mol. The Kier molecular flexibility index (Phi) is 4.13. The maximum absolute atomic E-state index is 6.14. The summed E-state index contributed by atoms with van der Waals surface area (Å²) in [4.78, 5) is 2.37. The molecule has 20 heavy (non-hydrogen) atoms. The van der Waals surface area contributed by atoms with Crippen molar-refractivity contribution in [3.05, 3.63) is 23.8 Å². The Morgan fingerprint density at radius 1 is 1.35 bits per heavy atom. The molecule has 0 aromatic heterocycles. The largest absolute Gasteiger partial charge is 0.486 e. The second-order valence-corrected chi connectivity index (χ2v) is 5.92. The Labute approximate surface area is 120 Å². The Morgan fingerprint density at radius 2 is 2.25 bits per heavy atom. The van der Waals surface area contributed by atoms with E-state index in [1.54, 1.807) is 0 Å². The van der Waals surface area contributed by atoms with E-state index >= 15 is 0 Å². The third kappa shape index (κ3) is 3.07. The van der Waals surface area contributed by atoms with Gasteiger partial charge in [0.1, 0.15) is 11.9 Å². The van der Waals surface area contributed by atoms with Crippen LogP contribution in [0, 0.1) is 6.92 Å². The minimum absolute atomic E-state index is 0.190. The van der Waals surface area contributed by atoms with E-state index < -0.39 is 0 Å². The SMILES string of the molecule is Cc1ccc(OC2CCOC2)c(N2CCCC(N)C2)c1. The third-order valence-electron chi connectivity index (χ3n) is 4.09. The molecule has 3 rings (SSSR count). The average Bonchev–Trinajstić information content (AvgIpc) is 2.94. The Bertz CT molecular complexity index is 458. The summed E-state index contributed by atoms with van der Waals surface area (Å²) in [5.41, 5.74) is 8.56. The lowest BCUT2D eigenvalue weighted by atomic mass is 10.0. The molecule has 2 N–H and O–H groups in total. The topological polar surface area (TPSA) is 47.7 Å². The van der Waals surface area contributed by atoms with Crippen molar-refractivity contribution in [3.8, 4) is 5.75 Å². The van der Waals surface area contributed by atoms with Gasteiger partial charge in [-0.3, -0.25) is 0 Å². The summed E-state index contributed by atoms with van der Waals surface area (Å²) in [7, 11) is 0. The van der Waals surface area contributed by atoms with E-state index in [2.05, 4.69) is 30.0 Å². The summed E-state index contributed by atoms with van der Waals surface area (Å²) in [5, 5.41) is 0. The molecule has 2 atom stereocenters. The van der Waals surface area contributed by atoms with Gasteiger partial charge in [0.25, 0.3) is 0 Å². The lowest BCUT2D eigenvalue weighted by Crippen LogP contribution is -2.43. The van der Waals surface area contributed by atoms with Crippen LogP contribution in [0.15, 0.2) is 18.2 Å². The second kappa shape index (κ2) is 6.02. The Morgan fingerprint density at radius 3 is 3.00 bits per heavy atom. The molecule has 0 radical (unpaired) electrons. The van der Waals surface area contributed by atoms with Crippen LogP contribution < -0.4 is 15.4 Å². The van der Waals surface area contributed by atoms with Crippen molar-refractivity contribution < 1.29 is 9.47 Å². The fraction of sp³-hybridized carbons (Fsp3) is 0.625. The highest BCUT2D eigenvalue weighted by Crippen LogP contribution is 2.33. The number of hydrogen-bond donors (Lipinski definition) is 1. The lowest BCUT2D eigenvalue weighted by molar-refractivity contribution is 0.141. The first-order valence-corrected chi connectivity index (χ1v) is 7.58. The molecule has 2 unspecified atom stereocenters. The molecule has 1 aromatic rings. The molecular weight excluding hydrogens is 252 g/mol.